The number of nitrogens with one attached hydrogen (secondary N) is 2. The third-order valence-electron chi connectivity index (χ3n) is 2.71. The highest BCUT2D eigenvalue weighted by atomic mass is 16.1. The van der Waals surface area contributed by atoms with Gasteiger partial charge in [0.2, 0.25) is 0 Å². The number of aromatic amines is 1. The fourth-order valence-electron chi connectivity index (χ4n) is 1.72. The van der Waals surface area contributed by atoms with Crippen molar-refractivity contribution in [3.8, 4) is 0 Å². The van der Waals surface area contributed by atoms with Gasteiger partial charge in [0.25, 0.3) is 5.56 Å². The summed E-state index contributed by atoms with van der Waals surface area (Å²) in [5.74, 6) is 1.47. The summed E-state index contributed by atoms with van der Waals surface area (Å²) in [6.07, 6.45) is 2.68. The van der Waals surface area contributed by atoms with Crippen molar-refractivity contribution < 1.29 is 0 Å². The SMILES string of the molecule is Cc1ncc(CNC2=NCCCN2C)c(=O)[nH]1. The third-order valence-corrected chi connectivity index (χ3v) is 2.71. The first-order valence-electron chi connectivity index (χ1n) is 5.71. The number of hydrogen-bond donors (Lipinski definition) is 2. The van der Waals surface area contributed by atoms with Crippen molar-refractivity contribution in [1.82, 2.24) is 20.2 Å². The van der Waals surface area contributed by atoms with E-state index >= 15 is 0 Å². The van der Waals surface area contributed by atoms with Gasteiger partial charge in [0.15, 0.2) is 5.96 Å². The molecule has 0 saturated carbocycles. The van der Waals surface area contributed by atoms with Gasteiger partial charge in [-0.05, 0) is 13.3 Å². The van der Waals surface area contributed by atoms with Crippen LogP contribution in [-0.2, 0) is 6.54 Å². The number of rotatable bonds is 2. The first-order valence-corrected chi connectivity index (χ1v) is 5.71. The summed E-state index contributed by atoms with van der Waals surface area (Å²) in [7, 11) is 1.99. The molecule has 1 aliphatic heterocycles. The minimum absolute atomic E-state index is 0.0935. The maximum atomic E-state index is 11.6. The van der Waals surface area contributed by atoms with Crippen molar-refractivity contribution in [1.29, 1.82) is 0 Å². The molecule has 2 rings (SSSR count). The molecular weight excluding hydrogens is 218 g/mol. The van der Waals surface area contributed by atoms with E-state index in [2.05, 4.69) is 25.2 Å². The standard InChI is InChI=1S/C11H17N5O/c1-8-13-6-9(10(17)15-8)7-14-11-12-4-3-5-16(11)2/h6H,3-5,7H2,1-2H3,(H,12,14)(H,13,15,17). The van der Waals surface area contributed by atoms with Crippen LogP contribution < -0.4 is 10.9 Å². The number of aryl methyl sites for hydroxylation is 1. The van der Waals surface area contributed by atoms with Crippen LogP contribution in [0.4, 0.5) is 0 Å². The molecule has 6 nitrogen and oxygen atoms in total. The molecule has 6 heteroatoms. The van der Waals surface area contributed by atoms with Crippen LogP contribution >= 0.6 is 0 Å². The smallest absolute Gasteiger partial charge is 0.255 e. The van der Waals surface area contributed by atoms with Gasteiger partial charge in [-0.3, -0.25) is 9.79 Å². The Balaban J connectivity index is 2.02. The summed E-state index contributed by atoms with van der Waals surface area (Å²) in [4.78, 5) is 24.8. The molecule has 92 valence electrons. The fourth-order valence-corrected chi connectivity index (χ4v) is 1.72. The van der Waals surface area contributed by atoms with E-state index in [-0.39, 0.29) is 5.56 Å². The Kier molecular flexibility index (Phi) is 3.41. The molecule has 0 saturated heterocycles. The second-order valence-corrected chi connectivity index (χ2v) is 4.16. The average Bonchev–Trinajstić information content (AvgIpc) is 2.30. The van der Waals surface area contributed by atoms with Gasteiger partial charge in [-0.1, -0.05) is 0 Å². The van der Waals surface area contributed by atoms with E-state index in [4.69, 9.17) is 0 Å². The molecule has 2 N–H and O–H groups in total. The highest BCUT2D eigenvalue weighted by Gasteiger charge is 2.10. The quantitative estimate of drug-likeness (QED) is 0.748. The molecule has 0 amide bonds. The van der Waals surface area contributed by atoms with Crippen molar-refractivity contribution in [3.05, 3.63) is 27.9 Å². The van der Waals surface area contributed by atoms with Gasteiger partial charge >= 0.3 is 0 Å². The molecule has 0 atom stereocenters. The van der Waals surface area contributed by atoms with Crippen LogP contribution in [0.2, 0.25) is 0 Å². The molecule has 0 unspecified atom stereocenters. The highest BCUT2D eigenvalue weighted by Crippen LogP contribution is 1.98. The van der Waals surface area contributed by atoms with E-state index in [1.165, 1.54) is 0 Å². The zero-order valence-electron chi connectivity index (χ0n) is 10.2. The number of aliphatic imine (C=N–C) groups is 1. The number of guanidine groups is 1. The van der Waals surface area contributed by atoms with Gasteiger partial charge in [0.1, 0.15) is 5.82 Å². The van der Waals surface area contributed by atoms with Gasteiger partial charge in [-0.15, -0.1) is 0 Å². The molecule has 1 aliphatic rings. The topological polar surface area (TPSA) is 73.4 Å². The van der Waals surface area contributed by atoms with Gasteiger partial charge < -0.3 is 15.2 Å². The van der Waals surface area contributed by atoms with E-state index in [9.17, 15) is 4.79 Å². The maximum Gasteiger partial charge on any atom is 0.255 e. The minimum Gasteiger partial charge on any atom is -0.352 e. The van der Waals surface area contributed by atoms with Crippen molar-refractivity contribution >= 4 is 5.96 Å². The molecule has 0 aliphatic carbocycles. The monoisotopic (exact) mass is 235 g/mol. The first-order chi connectivity index (χ1) is 8.16. The molecule has 2 heterocycles. The summed E-state index contributed by atoms with van der Waals surface area (Å²) >= 11 is 0. The number of nitrogens with zero attached hydrogens (tertiary/aromatic N) is 3. The number of aromatic nitrogens is 2. The lowest BCUT2D eigenvalue weighted by Gasteiger charge is -2.25. The largest absolute Gasteiger partial charge is 0.352 e. The van der Waals surface area contributed by atoms with E-state index in [0.717, 1.165) is 25.5 Å². The van der Waals surface area contributed by atoms with Gasteiger partial charge in [-0.2, -0.15) is 0 Å². The first kappa shape index (κ1) is 11.6. The molecule has 0 radical (unpaired) electrons. The van der Waals surface area contributed by atoms with Crippen LogP contribution in [0.15, 0.2) is 16.0 Å². The summed E-state index contributed by atoms with van der Waals surface area (Å²) in [6.45, 7) is 4.05. The predicted octanol–water partition coefficient (Wildman–Crippen LogP) is -0.141. The average molecular weight is 235 g/mol. The van der Waals surface area contributed by atoms with Crippen LogP contribution in [-0.4, -0.2) is 41.0 Å². The lowest BCUT2D eigenvalue weighted by molar-refractivity contribution is 0.446. The lowest BCUT2D eigenvalue weighted by atomic mass is 10.3. The molecule has 0 spiro atoms. The zero-order valence-corrected chi connectivity index (χ0v) is 10.2. The van der Waals surface area contributed by atoms with Gasteiger partial charge in [0.05, 0.1) is 5.56 Å². The summed E-state index contributed by atoms with van der Waals surface area (Å²) in [6, 6.07) is 0. The molecule has 1 aromatic rings. The number of H-pyrrole nitrogens is 1. The summed E-state index contributed by atoms with van der Waals surface area (Å²) in [5, 5.41) is 3.16. The van der Waals surface area contributed by atoms with Crippen LogP contribution in [0.3, 0.4) is 0 Å². The Morgan fingerprint density at radius 3 is 3.12 bits per heavy atom. The number of hydrogen-bond acceptors (Lipinski definition) is 5. The zero-order chi connectivity index (χ0) is 12.3. The Bertz CT molecular complexity index is 479. The third kappa shape index (κ3) is 2.83. The molecule has 0 fully saturated rings. The lowest BCUT2D eigenvalue weighted by Crippen LogP contribution is -2.42. The van der Waals surface area contributed by atoms with Crippen molar-refractivity contribution in [2.24, 2.45) is 4.99 Å². The Morgan fingerprint density at radius 2 is 2.41 bits per heavy atom. The Hall–Kier alpha value is -1.85. The van der Waals surface area contributed by atoms with Crippen molar-refractivity contribution in [2.75, 3.05) is 20.1 Å². The second kappa shape index (κ2) is 4.99. The fraction of sp³-hybridized carbons (Fsp3) is 0.545. The Labute approximate surface area is 99.8 Å². The van der Waals surface area contributed by atoms with Crippen LogP contribution in [0, 0.1) is 6.92 Å². The molecule has 17 heavy (non-hydrogen) atoms. The Morgan fingerprint density at radius 1 is 1.59 bits per heavy atom. The van der Waals surface area contributed by atoms with Crippen molar-refractivity contribution in [2.45, 2.75) is 19.9 Å². The van der Waals surface area contributed by atoms with Crippen LogP contribution in [0.5, 0.6) is 0 Å². The molecule has 1 aromatic heterocycles. The maximum absolute atomic E-state index is 11.6. The highest BCUT2D eigenvalue weighted by molar-refractivity contribution is 5.80. The summed E-state index contributed by atoms with van der Waals surface area (Å²) in [5.41, 5.74) is 0.529. The van der Waals surface area contributed by atoms with Crippen LogP contribution in [0.1, 0.15) is 17.8 Å². The molecular formula is C11H17N5O. The predicted molar refractivity (Wildman–Crippen MR) is 66.0 cm³/mol. The van der Waals surface area contributed by atoms with E-state index in [1.54, 1.807) is 13.1 Å². The van der Waals surface area contributed by atoms with Crippen LogP contribution in [0.25, 0.3) is 0 Å². The minimum atomic E-state index is -0.0935. The van der Waals surface area contributed by atoms with Gasteiger partial charge in [-0.25, -0.2) is 4.98 Å². The summed E-state index contributed by atoms with van der Waals surface area (Å²) < 4.78 is 0. The van der Waals surface area contributed by atoms with E-state index in [1.807, 2.05) is 7.05 Å². The molecule has 0 aromatic carbocycles. The van der Waals surface area contributed by atoms with Gasteiger partial charge in [0, 0.05) is 32.9 Å². The normalized spacial score (nSPS) is 15.6. The van der Waals surface area contributed by atoms with Crippen molar-refractivity contribution in [3.63, 3.8) is 0 Å². The van der Waals surface area contributed by atoms with E-state index in [0.29, 0.717) is 17.9 Å². The second-order valence-electron chi connectivity index (χ2n) is 4.16. The van der Waals surface area contributed by atoms with E-state index < -0.39 is 0 Å². The molecule has 0 bridgehead atoms.